The van der Waals surface area contributed by atoms with E-state index in [4.69, 9.17) is 4.74 Å². The van der Waals surface area contributed by atoms with Gasteiger partial charge in [0.05, 0.1) is 7.11 Å². The minimum atomic E-state index is 0.108. The fourth-order valence-corrected chi connectivity index (χ4v) is 3.00. The van der Waals surface area contributed by atoms with Crippen molar-refractivity contribution < 1.29 is 14.6 Å². The van der Waals surface area contributed by atoms with Crippen LogP contribution in [0.2, 0.25) is 0 Å². The zero-order valence-corrected chi connectivity index (χ0v) is 12.8. The van der Waals surface area contributed by atoms with Crippen molar-refractivity contribution in [1.82, 2.24) is 9.80 Å². The molecule has 0 bridgehead atoms. The van der Waals surface area contributed by atoms with Crippen LogP contribution >= 0.6 is 0 Å². The Morgan fingerprint density at radius 3 is 2.95 bits per heavy atom. The molecule has 1 aliphatic rings. The van der Waals surface area contributed by atoms with Gasteiger partial charge in [-0.25, -0.2) is 0 Å². The molecule has 1 heterocycles. The number of ether oxygens (including phenoxy) is 1. The summed E-state index contributed by atoms with van der Waals surface area (Å²) >= 11 is 0. The number of hydrogen-bond acceptors (Lipinski definition) is 4. The van der Waals surface area contributed by atoms with Crippen LogP contribution in [0.5, 0.6) is 11.5 Å². The Labute approximate surface area is 126 Å². The first-order valence-electron chi connectivity index (χ1n) is 7.47. The van der Waals surface area contributed by atoms with E-state index < -0.39 is 0 Å². The summed E-state index contributed by atoms with van der Waals surface area (Å²) in [5, 5.41) is 9.80. The quantitative estimate of drug-likeness (QED) is 0.779. The number of phenols is 1. The Morgan fingerprint density at radius 1 is 1.52 bits per heavy atom. The molecular weight excluding hydrogens is 268 g/mol. The predicted octanol–water partition coefficient (Wildman–Crippen LogP) is 1.84. The first kappa shape index (κ1) is 15.6. The lowest BCUT2D eigenvalue weighted by molar-refractivity contribution is -0.119. The normalized spacial score (nSPS) is 18.7. The van der Waals surface area contributed by atoms with Crippen LogP contribution in [0.25, 0.3) is 0 Å². The molecule has 0 aromatic heterocycles. The number of benzene rings is 1. The van der Waals surface area contributed by atoms with Crippen molar-refractivity contribution in [2.75, 3.05) is 26.7 Å². The zero-order chi connectivity index (χ0) is 15.2. The number of nitrogens with zero attached hydrogens (tertiary/aromatic N) is 2. The van der Waals surface area contributed by atoms with Gasteiger partial charge in [0, 0.05) is 19.1 Å². The summed E-state index contributed by atoms with van der Waals surface area (Å²) in [6.07, 6.45) is 3.24. The molecular formula is C16H24N2O3. The molecule has 5 nitrogen and oxygen atoms in total. The van der Waals surface area contributed by atoms with Crippen molar-refractivity contribution in [1.29, 1.82) is 0 Å². The van der Waals surface area contributed by atoms with Crippen LogP contribution in [0, 0.1) is 0 Å². The molecule has 1 unspecified atom stereocenters. The second kappa shape index (κ2) is 7.31. The van der Waals surface area contributed by atoms with E-state index in [1.54, 1.807) is 17.0 Å². The van der Waals surface area contributed by atoms with Crippen LogP contribution in [0.15, 0.2) is 18.2 Å². The van der Waals surface area contributed by atoms with Crippen molar-refractivity contribution in [2.45, 2.75) is 32.4 Å². The highest BCUT2D eigenvalue weighted by molar-refractivity contribution is 5.48. The van der Waals surface area contributed by atoms with Crippen LogP contribution in [0.1, 0.15) is 25.3 Å². The maximum atomic E-state index is 11.3. The largest absolute Gasteiger partial charge is 0.504 e. The van der Waals surface area contributed by atoms with E-state index in [1.807, 2.05) is 6.07 Å². The van der Waals surface area contributed by atoms with Crippen molar-refractivity contribution >= 4 is 6.41 Å². The monoisotopic (exact) mass is 292 g/mol. The van der Waals surface area contributed by atoms with E-state index in [-0.39, 0.29) is 5.75 Å². The van der Waals surface area contributed by atoms with E-state index in [9.17, 15) is 9.90 Å². The standard InChI is InChI=1S/C16H24N2O3/c1-3-18-8-4-5-14(18)11-17(12-19)10-13-6-7-16(21-2)15(20)9-13/h6-7,9,12,14,20H,3-5,8,10-11H2,1-2H3. The number of carbonyl (C=O) groups is 1. The van der Waals surface area contributed by atoms with Crippen LogP contribution in [-0.4, -0.2) is 54.1 Å². The van der Waals surface area contributed by atoms with Crippen molar-refractivity contribution in [3.63, 3.8) is 0 Å². The average Bonchev–Trinajstić information content (AvgIpc) is 2.94. The second-order valence-electron chi connectivity index (χ2n) is 5.47. The van der Waals surface area contributed by atoms with Crippen LogP contribution in [0.3, 0.4) is 0 Å². The van der Waals surface area contributed by atoms with Gasteiger partial charge in [-0.2, -0.15) is 0 Å². The molecule has 0 spiro atoms. The first-order chi connectivity index (χ1) is 10.2. The van der Waals surface area contributed by atoms with Gasteiger partial charge < -0.3 is 14.7 Å². The maximum absolute atomic E-state index is 11.3. The molecule has 0 saturated carbocycles. The summed E-state index contributed by atoms with van der Waals surface area (Å²) in [6.45, 7) is 5.56. The summed E-state index contributed by atoms with van der Waals surface area (Å²) in [5.74, 6) is 0.557. The van der Waals surface area contributed by atoms with Gasteiger partial charge >= 0.3 is 0 Å². The fraction of sp³-hybridized carbons (Fsp3) is 0.562. The predicted molar refractivity (Wildman–Crippen MR) is 81.4 cm³/mol. The Morgan fingerprint density at radius 2 is 2.33 bits per heavy atom. The zero-order valence-electron chi connectivity index (χ0n) is 12.8. The maximum Gasteiger partial charge on any atom is 0.210 e. The molecule has 2 rings (SSSR count). The molecule has 0 aliphatic carbocycles. The highest BCUT2D eigenvalue weighted by atomic mass is 16.5. The van der Waals surface area contributed by atoms with Gasteiger partial charge in [0.25, 0.3) is 0 Å². The smallest absolute Gasteiger partial charge is 0.210 e. The molecule has 0 radical (unpaired) electrons. The van der Waals surface area contributed by atoms with E-state index in [1.165, 1.54) is 13.5 Å². The molecule has 1 aliphatic heterocycles. The van der Waals surface area contributed by atoms with Gasteiger partial charge in [-0.1, -0.05) is 13.0 Å². The number of carbonyl (C=O) groups excluding carboxylic acids is 1. The molecule has 21 heavy (non-hydrogen) atoms. The van der Waals surface area contributed by atoms with Crippen LogP contribution in [0.4, 0.5) is 0 Å². The van der Waals surface area contributed by atoms with Gasteiger partial charge in [-0.15, -0.1) is 0 Å². The van der Waals surface area contributed by atoms with E-state index >= 15 is 0 Å². The van der Waals surface area contributed by atoms with Gasteiger partial charge in [-0.05, 0) is 43.6 Å². The molecule has 1 amide bonds. The first-order valence-corrected chi connectivity index (χ1v) is 7.47. The fourth-order valence-electron chi connectivity index (χ4n) is 3.00. The number of phenolic OH excluding ortho intramolecular Hbond substituents is 1. The van der Waals surface area contributed by atoms with Crippen LogP contribution in [-0.2, 0) is 11.3 Å². The third kappa shape index (κ3) is 3.88. The molecule has 1 atom stereocenters. The van der Waals surface area contributed by atoms with E-state index in [0.717, 1.165) is 38.0 Å². The Kier molecular flexibility index (Phi) is 5.44. The highest BCUT2D eigenvalue weighted by Crippen LogP contribution is 2.27. The number of likely N-dealkylation sites (N-methyl/N-ethyl adjacent to an activating group) is 1. The molecule has 1 aromatic rings. The van der Waals surface area contributed by atoms with Gasteiger partial charge in [0.2, 0.25) is 6.41 Å². The van der Waals surface area contributed by atoms with E-state index in [0.29, 0.717) is 18.3 Å². The Bertz CT molecular complexity index is 479. The summed E-state index contributed by atoms with van der Waals surface area (Å²) in [7, 11) is 1.52. The summed E-state index contributed by atoms with van der Waals surface area (Å²) in [6, 6.07) is 5.71. The number of methoxy groups -OCH3 is 1. The second-order valence-corrected chi connectivity index (χ2v) is 5.47. The lowest BCUT2D eigenvalue weighted by atomic mass is 10.1. The average molecular weight is 292 g/mol. The molecule has 1 fully saturated rings. The third-order valence-corrected chi connectivity index (χ3v) is 4.13. The molecule has 1 aromatic carbocycles. The SMILES string of the molecule is CCN1CCCC1CN(C=O)Cc1ccc(OC)c(O)c1. The topological polar surface area (TPSA) is 53.0 Å². The van der Waals surface area contributed by atoms with Crippen molar-refractivity contribution in [3.8, 4) is 11.5 Å². The summed E-state index contributed by atoms with van der Waals surface area (Å²) in [5.41, 5.74) is 0.904. The summed E-state index contributed by atoms with van der Waals surface area (Å²) < 4.78 is 5.03. The molecule has 116 valence electrons. The van der Waals surface area contributed by atoms with Gasteiger partial charge in [0.1, 0.15) is 0 Å². The minimum absolute atomic E-state index is 0.108. The lowest BCUT2D eigenvalue weighted by Gasteiger charge is -2.28. The molecule has 5 heteroatoms. The van der Waals surface area contributed by atoms with E-state index in [2.05, 4.69) is 11.8 Å². The number of hydrogen-bond donors (Lipinski definition) is 1. The number of likely N-dealkylation sites (tertiary alicyclic amines) is 1. The number of aromatic hydroxyl groups is 1. The Hall–Kier alpha value is -1.75. The van der Waals surface area contributed by atoms with Crippen molar-refractivity contribution in [2.24, 2.45) is 0 Å². The van der Waals surface area contributed by atoms with Gasteiger partial charge in [0.15, 0.2) is 11.5 Å². The molecule has 1 saturated heterocycles. The lowest BCUT2D eigenvalue weighted by Crippen LogP contribution is -2.39. The highest BCUT2D eigenvalue weighted by Gasteiger charge is 2.24. The summed E-state index contributed by atoms with van der Waals surface area (Å²) in [4.78, 5) is 15.5. The third-order valence-electron chi connectivity index (χ3n) is 4.13. The number of amides is 1. The Balaban J connectivity index is 1.98. The van der Waals surface area contributed by atoms with Crippen LogP contribution < -0.4 is 4.74 Å². The number of rotatable bonds is 7. The van der Waals surface area contributed by atoms with Gasteiger partial charge in [-0.3, -0.25) is 9.69 Å². The van der Waals surface area contributed by atoms with Crippen molar-refractivity contribution in [3.05, 3.63) is 23.8 Å². The molecule has 1 N–H and O–H groups in total. The minimum Gasteiger partial charge on any atom is -0.504 e.